The number of ether oxygens (including phenoxy) is 2. The molecule has 1 aromatic heterocycles. The standard InChI is InChI=1S/C13H12N2O6/c1-7(16)21-6-8-3-9-5-10(13(17)20-2)14-12(9)11(4-8)15(18)19/h3-5,14H,6H2,1-2H3. The number of esters is 2. The van der Waals surface area contributed by atoms with Crippen molar-refractivity contribution in [2.75, 3.05) is 7.11 Å². The van der Waals surface area contributed by atoms with Gasteiger partial charge in [-0.3, -0.25) is 14.9 Å². The van der Waals surface area contributed by atoms with Crippen LogP contribution in [0.25, 0.3) is 10.9 Å². The van der Waals surface area contributed by atoms with E-state index in [9.17, 15) is 19.7 Å². The Hall–Kier alpha value is -2.90. The van der Waals surface area contributed by atoms with Crippen LogP contribution in [0.2, 0.25) is 0 Å². The molecule has 2 aromatic rings. The predicted octanol–water partition coefficient (Wildman–Crippen LogP) is 1.93. The van der Waals surface area contributed by atoms with Crippen molar-refractivity contribution in [2.45, 2.75) is 13.5 Å². The normalized spacial score (nSPS) is 10.4. The molecule has 0 fully saturated rings. The van der Waals surface area contributed by atoms with Gasteiger partial charge in [-0.1, -0.05) is 0 Å². The van der Waals surface area contributed by atoms with Crippen LogP contribution in [0.15, 0.2) is 18.2 Å². The molecule has 0 radical (unpaired) electrons. The highest BCUT2D eigenvalue weighted by Crippen LogP contribution is 2.28. The van der Waals surface area contributed by atoms with Crippen LogP contribution in [-0.2, 0) is 20.9 Å². The lowest BCUT2D eigenvalue weighted by Crippen LogP contribution is -2.01. The number of non-ortho nitro benzene ring substituents is 1. The molecular formula is C13H12N2O6. The Balaban J connectivity index is 2.53. The number of nitrogens with zero attached hydrogens (tertiary/aromatic N) is 1. The number of benzene rings is 1. The molecule has 0 atom stereocenters. The maximum Gasteiger partial charge on any atom is 0.354 e. The number of aromatic nitrogens is 1. The lowest BCUT2D eigenvalue weighted by Gasteiger charge is -2.03. The number of hydrogen-bond acceptors (Lipinski definition) is 6. The van der Waals surface area contributed by atoms with Gasteiger partial charge < -0.3 is 14.5 Å². The van der Waals surface area contributed by atoms with Crippen molar-refractivity contribution in [1.82, 2.24) is 4.98 Å². The van der Waals surface area contributed by atoms with Crippen LogP contribution < -0.4 is 0 Å². The van der Waals surface area contributed by atoms with E-state index >= 15 is 0 Å². The van der Waals surface area contributed by atoms with Crippen molar-refractivity contribution in [1.29, 1.82) is 0 Å². The second kappa shape index (κ2) is 5.61. The van der Waals surface area contributed by atoms with Crippen molar-refractivity contribution in [2.24, 2.45) is 0 Å². The lowest BCUT2D eigenvalue weighted by molar-refractivity contribution is -0.383. The topological polar surface area (TPSA) is 112 Å². The molecule has 0 spiro atoms. The summed E-state index contributed by atoms with van der Waals surface area (Å²) in [5.74, 6) is -1.11. The van der Waals surface area contributed by atoms with Crippen LogP contribution in [0, 0.1) is 10.1 Å². The number of nitro groups is 1. The van der Waals surface area contributed by atoms with E-state index in [-0.39, 0.29) is 23.5 Å². The van der Waals surface area contributed by atoms with Gasteiger partial charge in [0, 0.05) is 18.4 Å². The number of aromatic amines is 1. The molecule has 0 saturated carbocycles. The fourth-order valence-electron chi connectivity index (χ4n) is 1.92. The smallest absolute Gasteiger partial charge is 0.354 e. The van der Waals surface area contributed by atoms with Crippen molar-refractivity contribution in [3.63, 3.8) is 0 Å². The first kappa shape index (κ1) is 14.5. The molecule has 0 aliphatic rings. The molecule has 0 amide bonds. The molecular weight excluding hydrogens is 280 g/mol. The molecule has 0 bridgehead atoms. The fraction of sp³-hybridized carbons (Fsp3) is 0.231. The van der Waals surface area contributed by atoms with Crippen LogP contribution in [0.1, 0.15) is 23.0 Å². The summed E-state index contributed by atoms with van der Waals surface area (Å²) in [6.45, 7) is 1.17. The summed E-state index contributed by atoms with van der Waals surface area (Å²) in [5.41, 5.74) is 0.580. The second-order valence-electron chi connectivity index (χ2n) is 4.29. The van der Waals surface area contributed by atoms with Gasteiger partial charge in [-0.2, -0.15) is 0 Å². The highest BCUT2D eigenvalue weighted by atomic mass is 16.6. The Morgan fingerprint density at radius 1 is 1.33 bits per heavy atom. The average molecular weight is 292 g/mol. The second-order valence-corrected chi connectivity index (χ2v) is 4.29. The van der Waals surface area contributed by atoms with Gasteiger partial charge in [0.05, 0.1) is 12.0 Å². The number of nitrogens with one attached hydrogen (secondary N) is 1. The van der Waals surface area contributed by atoms with Gasteiger partial charge >= 0.3 is 11.9 Å². The zero-order valence-electron chi connectivity index (χ0n) is 11.3. The summed E-state index contributed by atoms with van der Waals surface area (Å²) >= 11 is 0. The number of carbonyl (C=O) groups excluding carboxylic acids is 2. The van der Waals surface area contributed by atoms with Gasteiger partial charge in [-0.05, 0) is 17.7 Å². The average Bonchev–Trinajstić information content (AvgIpc) is 2.86. The summed E-state index contributed by atoms with van der Waals surface area (Å²) in [6.07, 6.45) is 0. The summed E-state index contributed by atoms with van der Waals surface area (Å²) < 4.78 is 9.39. The molecule has 0 aliphatic carbocycles. The number of nitro benzene ring substituents is 1. The van der Waals surface area contributed by atoms with Gasteiger partial charge in [-0.15, -0.1) is 0 Å². The minimum atomic E-state index is -0.623. The Bertz CT molecular complexity index is 734. The third-order valence-electron chi connectivity index (χ3n) is 2.81. The maximum absolute atomic E-state index is 11.5. The Labute approximate surface area is 118 Å². The first-order valence-corrected chi connectivity index (χ1v) is 5.94. The molecule has 0 aliphatic heterocycles. The fourth-order valence-corrected chi connectivity index (χ4v) is 1.92. The molecule has 8 heteroatoms. The Morgan fingerprint density at radius 3 is 2.62 bits per heavy atom. The zero-order valence-corrected chi connectivity index (χ0v) is 11.3. The van der Waals surface area contributed by atoms with E-state index in [2.05, 4.69) is 9.72 Å². The van der Waals surface area contributed by atoms with E-state index in [1.54, 1.807) is 6.07 Å². The number of carbonyl (C=O) groups is 2. The van der Waals surface area contributed by atoms with Crippen LogP contribution in [0.4, 0.5) is 5.69 Å². The molecule has 21 heavy (non-hydrogen) atoms. The molecule has 1 N–H and O–H groups in total. The first-order chi connectivity index (χ1) is 9.92. The van der Waals surface area contributed by atoms with E-state index in [1.165, 1.54) is 26.2 Å². The first-order valence-electron chi connectivity index (χ1n) is 5.94. The third kappa shape index (κ3) is 2.99. The van der Waals surface area contributed by atoms with E-state index < -0.39 is 16.9 Å². The van der Waals surface area contributed by atoms with E-state index in [4.69, 9.17) is 4.74 Å². The van der Waals surface area contributed by atoms with Crippen molar-refractivity contribution in [3.8, 4) is 0 Å². The Morgan fingerprint density at radius 2 is 2.05 bits per heavy atom. The number of rotatable bonds is 4. The highest BCUT2D eigenvalue weighted by Gasteiger charge is 2.19. The zero-order chi connectivity index (χ0) is 15.6. The van der Waals surface area contributed by atoms with Crippen molar-refractivity contribution in [3.05, 3.63) is 39.6 Å². The minimum absolute atomic E-state index is 0.0785. The maximum atomic E-state index is 11.5. The number of methoxy groups -OCH3 is 1. The molecule has 0 unspecified atom stereocenters. The molecule has 110 valence electrons. The van der Waals surface area contributed by atoms with E-state index in [0.29, 0.717) is 10.9 Å². The largest absolute Gasteiger partial charge is 0.464 e. The highest BCUT2D eigenvalue weighted by molar-refractivity contribution is 5.98. The molecule has 0 saturated heterocycles. The SMILES string of the molecule is COC(=O)c1cc2cc(COC(C)=O)cc([N+](=O)[O-])c2[nH]1. The van der Waals surface area contributed by atoms with Crippen LogP contribution in [0.5, 0.6) is 0 Å². The van der Waals surface area contributed by atoms with Gasteiger partial charge in [0.15, 0.2) is 0 Å². The monoisotopic (exact) mass is 292 g/mol. The van der Waals surface area contributed by atoms with Crippen LogP contribution in [-0.4, -0.2) is 29.0 Å². The Kier molecular flexibility index (Phi) is 3.88. The molecule has 2 rings (SSSR count). The van der Waals surface area contributed by atoms with Crippen molar-refractivity contribution < 1.29 is 24.0 Å². The van der Waals surface area contributed by atoms with Crippen molar-refractivity contribution >= 4 is 28.5 Å². The number of fused-ring (bicyclic) bond motifs is 1. The summed E-state index contributed by atoms with van der Waals surface area (Å²) in [7, 11) is 1.22. The number of H-pyrrole nitrogens is 1. The van der Waals surface area contributed by atoms with Gasteiger partial charge in [-0.25, -0.2) is 4.79 Å². The molecule has 1 heterocycles. The van der Waals surface area contributed by atoms with Gasteiger partial charge in [0.2, 0.25) is 0 Å². The number of hydrogen-bond donors (Lipinski definition) is 1. The van der Waals surface area contributed by atoms with E-state index in [0.717, 1.165) is 0 Å². The lowest BCUT2D eigenvalue weighted by atomic mass is 10.1. The predicted molar refractivity (Wildman–Crippen MR) is 71.8 cm³/mol. The molecule has 1 aromatic carbocycles. The van der Waals surface area contributed by atoms with Crippen LogP contribution >= 0.6 is 0 Å². The quantitative estimate of drug-likeness (QED) is 0.523. The van der Waals surface area contributed by atoms with E-state index in [1.807, 2.05) is 0 Å². The third-order valence-corrected chi connectivity index (χ3v) is 2.81. The van der Waals surface area contributed by atoms with Gasteiger partial charge in [0.1, 0.15) is 17.8 Å². The minimum Gasteiger partial charge on any atom is -0.464 e. The summed E-state index contributed by atoms with van der Waals surface area (Å²) in [5, 5.41) is 11.6. The summed E-state index contributed by atoms with van der Waals surface area (Å²) in [6, 6.07) is 4.35. The van der Waals surface area contributed by atoms with Gasteiger partial charge in [0.25, 0.3) is 5.69 Å². The van der Waals surface area contributed by atoms with Crippen LogP contribution in [0.3, 0.4) is 0 Å². The summed E-state index contributed by atoms with van der Waals surface area (Å²) in [4.78, 5) is 35.5. The molecule has 8 nitrogen and oxygen atoms in total.